The maximum absolute atomic E-state index is 12.2. The third kappa shape index (κ3) is 4.33. The Morgan fingerprint density at radius 2 is 1.70 bits per heavy atom. The summed E-state index contributed by atoms with van der Waals surface area (Å²) in [5.74, 6) is 0.0543. The zero-order chi connectivity index (χ0) is 17.2. The monoisotopic (exact) mass is 352 g/mol. The smallest absolute Gasteiger partial charge is 0.345 e. The maximum Gasteiger partial charge on any atom is 0.345 e. The fraction of sp³-hybridized carbons (Fsp3) is 0.235. The van der Waals surface area contributed by atoms with E-state index < -0.39 is 15.8 Å². The van der Waals surface area contributed by atoms with E-state index in [1.54, 1.807) is 12.1 Å². The number of ether oxygens (including phenoxy) is 1. The molecule has 0 unspecified atom stereocenters. The summed E-state index contributed by atoms with van der Waals surface area (Å²) >= 11 is 5.98. The molecule has 0 aliphatic rings. The highest BCUT2D eigenvalue weighted by atomic mass is 35.5. The van der Waals surface area contributed by atoms with E-state index in [9.17, 15) is 13.2 Å². The molecule has 0 heterocycles. The minimum atomic E-state index is -3.43. The molecule has 122 valence electrons. The van der Waals surface area contributed by atoms with Crippen LogP contribution in [0.1, 0.15) is 35.7 Å². The van der Waals surface area contributed by atoms with E-state index in [0.717, 1.165) is 11.8 Å². The molecule has 23 heavy (non-hydrogen) atoms. The van der Waals surface area contributed by atoms with Crippen LogP contribution in [0.2, 0.25) is 5.02 Å². The first-order valence-corrected chi connectivity index (χ1v) is 9.27. The first-order chi connectivity index (χ1) is 10.7. The Morgan fingerprint density at radius 1 is 1.09 bits per heavy atom. The van der Waals surface area contributed by atoms with Crippen molar-refractivity contribution in [2.75, 3.05) is 6.26 Å². The van der Waals surface area contributed by atoms with E-state index in [1.165, 1.54) is 18.2 Å². The molecule has 0 aliphatic carbocycles. The molecule has 0 atom stereocenters. The van der Waals surface area contributed by atoms with Crippen LogP contribution in [0, 0.1) is 0 Å². The van der Waals surface area contributed by atoms with Gasteiger partial charge in [-0.2, -0.15) is 0 Å². The average Bonchev–Trinajstić information content (AvgIpc) is 2.46. The van der Waals surface area contributed by atoms with Crippen LogP contribution in [-0.2, 0) is 9.84 Å². The number of halogens is 1. The van der Waals surface area contributed by atoms with Crippen LogP contribution in [0.4, 0.5) is 0 Å². The van der Waals surface area contributed by atoms with Gasteiger partial charge in [0, 0.05) is 6.26 Å². The summed E-state index contributed by atoms with van der Waals surface area (Å²) < 4.78 is 28.4. The first kappa shape index (κ1) is 17.5. The van der Waals surface area contributed by atoms with Crippen LogP contribution in [0.3, 0.4) is 0 Å². The molecule has 4 nitrogen and oxygen atoms in total. The number of sulfone groups is 1. The molecule has 0 aromatic heterocycles. The second-order valence-corrected chi connectivity index (χ2v) is 7.95. The SMILES string of the molecule is CC(C)c1ccc(OC(=O)c2cc(S(C)(=O)=O)ccc2Cl)cc1. The predicted octanol–water partition coefficient (Wildman–Crippen LogP) is 4.09. The Kier molecular flexibility index (Phi) is 5.12. The van der Waals surface area contributed by atoms with Gasteiger partial charge in [0.15, 0.2) is 9.84 Å². The van der Waals surface area contributed by atoms with Gasteiger partial charge in [0.1, 0.15) is 5.75 Å². The van der Waals surface area contributed by atoms with Crippen molar-refractivity contribution < 1.29 is 17.9 Å². The highest BCUT2D eigenvalue weighted by Crippen LogP contribution is 2.24. The predicted molar refractivity (Wildman–Crippen MR) is 90.1 cm³/mol. The summed E-state index contributed by atoms with van der Waals surface area (Å²) in [5.41, 5.74) is 1.14. The van der Waals surface area contributed by atoms with Crippen molar-refractivity contribution in [1.82, 2.24) is 0 Å². The van der Waals surface area contributed by atoms with Gasteiger partial charge in [-0.1, -0.05) is 37.6 Å². The van der Waals surface area contributed by atoms with Gasteiger partial charge < -0.3 is 4.74 Å². The van der Waals surface area contributed by atoms with Crippen molar-refractivity contribution in [3.63, 3.8) is 0 Å². The van der Waals surface area contributed by atoms with Gasteiger partial charge in [-0.25, -0.2) is 13.2 Å². The van der Waals surface area contributed by atoms with Crippen molar-refractivity contribution in [3.05, 3.63) is 58.6 Å². The Morgan fingerprint density at radius 3 is 2.22 bits per heavy atom. The summed E-state index contributed by atoms with van der Waals surface area (Å²) in [4.78, 5) is 12.2. The number of hydrogen-bond donors (Lipinski definition) is 0. The number of benzene rings is 2. The van der Waals surface area contributed by atoms with Crippen LogP contribution in [0.5, 0.6) is 5.75 Å². The molecule has 2 rings (SSSR count). The summed E-state index contributed by atoms with van der Waals surface area (Å²) in [7, 11) is -3.43. The Balaban J connectivity index is 2.27. The fourth-order valence-corrected chi connectivity index (χ4v) is 2.82. The van der Waals surface area contributed by atoms with Gasteiger partial charge in [-0.05, 0) is 41.8 Å². The molecule has 0 fully saturated rings. The summed E-state index contributed by atoms with van der Waals surface area (Å²) in [6.07, 6.45) is 1.07. The molecule has 0 radical (unpaired) electrons. The van der Waals surface area contributed by atoms with Crippen LogP contribution in [0.15, 0.2) is 47.4 Å². The van der Waals surface area contributed by atoms with Crippen LogP contribution < -0.4 is 4.74 Å². The molecular formula is C17H17ClO4S. The normalized spacial score (nSPS) is 11.5. The molecule has 0 amide bonds. The van der Waals surface area contributed by atoms with Crippen molar-refractivity contribution in [2.45, 2.75) is 24.7 Å². The molecule has 0 saturated heterocycles. The van der Waals surface area contributed by atoms with E-state index in [-0.39, 0.29) is 15.5 Å². The molecular weight excluding hydrogens is 336 g/mol. The van der Waals surface area contributed by atoms with Gasteiger partial charge in [0.05, 0.1) is 15.5 Å². The summed E-state index contributed by atoms with van der Waals surface area (Å²) in [6.45, 7) is 4.13. The fourth-order valence-electron chi connectivity index (χ4n) is 1.97. The summed E-state index contributed by atoms with van der Waals surface area (Å²) in [5, 5.41) is 0.140. The second kappa shape index (κ2) is 6.72. The number of esters is 1. The molecule has 0 N–H and O–H groups in total. The second-order valence-electron chi connectivity index (χ2n) is 5.53. The molecule has 2 aromatic rings. The van der Waals surface area contributed by atoms with Crippen molar-refractivity contribution >= 4 is 27.4 Å². The van der Waals surface area contributed by atoms with Gasteiger partial charge in [-0.3, -0.25) is 0 Å². The minimum absolute atomic E-state index is 0.0162. The standard InChI is InChI=1S/C17H17ClO4S/c1-11(2)12-4-6-13(7-5-12)22-17(19)15-10-14(23(3,20)21)8-9-16(15)18/h4-11H,1-3H3. The zero-order valence-electron chi connectivity index (χ0n) is 13.0. The van der Waals surface area contributed by atoms with Crippen molar-refractivity contribution in [1.29, 1.82) is 0 Å². The minimum Gasteiger partial charge on any atom is -0.423 e. The van der Waals surface area contributed by atoms with Gasteiger partial charge in [0.2, 0.25) is 0 Å². The van der Waals surface area contributed by atoms with Crippen molar-refractivity contribution in [2.24, 2.45) is 0 Å². The molecule has 0 saturated carbocycles. The zero-order valence-corrected chi connectivity index (χ0v) is 14.6. The largest absolute Gasteiger partial charge is 0.423 e. The maximum atomic E-state index is 12.2. The third-order valence-electron chi connectivity index (χ3n) is 3.34. The van der Waals surface area contributed by atoms with E-state index in [4.69, 9.17) is 16.3 Å². The number of rotatable bonds is 4. The lowest BCUT2D eigenvalue weighted by atomic mass is 10.0. The highest BCUT2D eigenvalue weighted by Gasteiger charge is 2.17. The lowest BCUT2D eigenvalue weighted by Gasteiger charge is -2.09. The van der Waals surface area contributed by atoms with E-state index >= 15 is 0 Å². The third-order valence-corrected chi connectivity index (χ3v) is 4.78. The van der Waals surface area contributed by atoms with Crippen LogP contribution >= 0.6 is 11.6 Å². The Bertz CT molecular complexity index is 824. The Hall–Kier alpha value is -1.85. The van der Waals surface area contributed by atoms with Crippen molar-refractivity contribution in [3.8, 4) is 5.75 Å². The average molecular weight is 353 g/mol. The lowest BCUT2D eigenvalue weighted by Crippen LogP contribution is -2.10. The van der Waals surface area contributed by atoms with Gasteiger partial charge in [-0.15, -0.1) is 0 Å². The molecule has 0 spiro atoms. The highest BCUT2D eigenvalue weighted by molar-refractivity contribution is 7.90. The molecule has 2 aromatic carbocycles. The Labute approximate surface area is 141 Å². The topological polar surface area (TPSA) is 60.4 Å². The summed E-state index contributed by atoms with van der Waals surface area (Å²) in [6, 6.07) is 11.1. The van der Waals surface area contributed by atoms with Gasteiger partial charge in [0.25, 0.3) is 0 Å². The van der Waals surface area contributed by atoms with E-state index in [0.29, 0.717) is 11.7 Å². The van der Waals surface area contributed by atoms with Crippen LogP contribution in [-0.4, -0.2) is 20.6 Å². The molecule has 0 bridgehead atoms. The van der Waals surface area contributed by atoms with Crippen LogP contribution in [0.25, 0.3) is 0 Å². The number of carbonyl (C=O) groups excluding carboxylic acids is 1. The van der Waals surface area contributed by atoms with E-state index in [1.807, 2.05) is 12.1 Å². The lowest BCUT2D eigenvalue weighted by molar-refractivity contribution is 0.0734. The molecule has 6 heteroatoms. The quantitative estimate of drug-likeness (QED) is 0.614. The van der Waals surface area contributed by atoms with E-state index in [2.05, 4.69) is 13.8 Å². The van der Waals surface area contributed by atoms with Gasteiger partial charge >= 0.3 is 5.97 Å². The molecule has 0 aliphatic heterocycles. The number of hydrogen-bond acceptors (Lipinski definition) is 4. The number of carbonyl (C=O) groups is 1. The first-order valence-electron chi connectivity index (χ1n) is 7.00.